The SMILES string of the molecule is Cc1nc(NC(=S)Nc2ccc(Cl)c(Cl)c2)c(C)c(C)c1OCc1ccccc1. The molecule has 2 N–H and O–H groups in total. The zero-order valence-electron chi connectivity index (χ0n) is 16.3. The van der Waals surface area contributed by atoms with E-state index in [-0.39, 0.29) is 0 Å². The molecule has 0 aliphatic heterocycles. The Morgan fingerprint density at radius 3 is 2.38 bits per heavy atom. The maximum Gasteiger partial charge on any atom is 0.176 e. The Morgan fingerprint density at radius 1 is 0.966 bits per heavy atom. The number of aryl methyl sites for hydroxylation is 1. The van der Waals surface area contributed by atoms with Gasteiger partial charge < -0.3 is 15.4 Å². The number of pyridine rings is 1. The lowest BCUT2D eigenvalue weighted by Crippen LogP contribution is -2.21. The Hall–Kier alpha value is -2.34. The van der Waals surface area contributed by atoms with Crippen LogP contribution in [0.2, 0.25) is 10.0 Å². The summed E-state index contributed by atoms with van der Waals surface area (Å²) in [5.41, 5.74) is 4.64. The lowest BCUT2D eigenvalue weighted by molar-refractivity contribution is 0.300. The van der Waals surface area contributed by atoms with Crippen molar-refractivity contribution >= 4 is 52.0 Å². The van der Waals surface area contributed by atoms with E-state index in [4.69, 9.17) is 40.2 Å². The summed E-state index contributed by atoms with van der Waals surface area (Å²) in [4.78, 5) is 4.65. The van der Waals surface area contributed by atoms with Gasteiger partial charge in [0.25, 0.3) is 0 Å². The summed E-state index contributed by atoms with van der Waals surface area (Å²) in [6.45, 7) is 6.42. The molecule has 0 aliphatic carbocycles. The Labute approximate surface area is 186 Å². The van der Waals surface area contributed by atoms with Crippen LogP contribution in [-0.2, 0) is 6.61 Å². The van der Waals surface area contributed by atoms with Crippen LogP contribution < -0.4 is 15.4 Å². The smallest absolute Gasteiger partial charge is 0.176 e. The standard InChI is InChI=1S/C22H21Cl2N3OS/c1-13-14(2)21(27-22(29)26-17-9-10-18(23)19(24)11-17)25-15(3)20(13)28-12-16-7-5-4-6-8-16/h4-11H,12H2,1-3H3,(H2,25,26,27,29). The van der Waals surface area contributed by atoms with E-state index in [1.165, 1.54) is 0 Å². The number of thiocarbonyl (C=S) groups is 1. The molecule has 0 fully saturated rings. The molecule has 0 bridgehead atoms. The largest absolute Gasteiger partial charge is 0.487 e. The van der Waals surface area contributed by atoms with Crippen LogP contribution in [0.5, 0.6) is 5.75 Å². The van der Waals surface area contributed by atoms with Crippen LogP contribution >= 0.6 is 35.4 Å². The molecule has 0 radical (unpaired) electrons. The number of rotatable bonds is 5. The fraction of sp³-hybridized carbons (Fsp3) is 0.182. The van der Waals surface area contributed by atoms with E-state index in [1.54, 1.807) is 18.2 Å². The molecule has 29 heavy (non-hydrogen) atoms. The van der Waals surface area contributed by atoms with Crippen LogP contribution in [0, 0.1) is 20.8 Å². The number of aromatic nitrogens is 1. The van der Waals surface area contributed by atoms with Gasteiger partial charge in [0.05, 0.1) is 15.7 Å². The maximum absolute atomic E-state index is 6.05. The average Bonchev–Trinajstić information content (AvgIpc) is 2.69. The van der Waals surface area contributed by atoms with E-state index in [0.717, 1.165) is 33.8 Å². The topological polar surface area (TPSA) is 46.2 Å². The van der Waals surface area contributed by atoms with E-state index in [0.29, 0.717) is 27.6 Å². The highest BCUT2D eigenvalue weighted by atomic mass is 35.5. The summed E-state index contributed by atoms with van der Waals surface area (Å²) in [7, 11) is 0. The first-order valence-electron chi connectivity index (χ1n) is 9.02. The van der Waals surface area contributed by atoms with Crippen LogP contribution in [0.25, 0.3) is 0 Å². The van der Waals surface area contributed by atoms with Crippen molar-refractivity contribution in [1.82, 2.24) is 4.98 Å². The van der Waals surface area contributed by atoms with Crippen LogP contribution in [0.15, 0.2) is 48.5 Å². The first kappa shape index (κ1) is 21.4. The zero-order chi connectivity index (χ0) is 21.0. The van der Waals surface area contributed by atoms with E-state index in [1.807, 2.05) is 51.1 Å². The van der Waals surface area contributed by atoms with Crippen molar-refractivity contribution < 1.29 is 4.74 Å². The van der Waals surface area contributed by atoms with Crippen molar-refractivity contribution in [3.8, 4) is 5.75 Å². The molecule has 0 amide bonds. The molecule has 150 valence electrons. The molecule has 2 aromatic carbocycles. The van der Waals surface area contributed by atoms with Crippen LogP contribution in [0.4, 0.5) is 11.5 Å². The third-order valence-electron chi connectivity index (χ3n) is 4.50. The van der Waals surface area contributed by atoms with Crippen LogP contribution in [0.1, 0.15) is 22.4 Å². The van der Waals surface area contributed by atoms with Gasteiger partial charge in [-0.15, -0.1) is 0 Å². The van der Waals surface area contributed by atoms with Crippen LogP contribution in [-0.4, -0.2) is 10.1 Å². The van der Waals surface area contributed by atoms with Crippen molar-refractivity contribution in [2.45, 2.75) is 27.4 Å². The minimum Gasteiger partial charge on any atom is -0.487 e. The summed E-state index contributed by atoms with van der Waals surface area (Å²) in [5.74, 6) is 1.48. The second kappa shape index (κ2) is 9.44. The Kier molecular flexibility index (Phi) is 6.96. The van der Waals surface area contributed by atoms with Gasteiger partial charge in [-0.2, -0.15) is 0 Å². The van der Waals surface area contributed by atoms with E-state index < -0.39 is 0 Å². The molecule has 0 saturated carbocycles. The van der Waals surface area contributed by atoms with Gasteiger partial charge in [0.1, 0.15) is 18.2 Å². The summed E-state index contributed by atoms with van der Waals surface area (Å²) in [6, 6.07) is 15.3. The number of halogens is 2. The number of hydrogen-bond acceptors (Lipinski definition) is 3. The molecule has 0 saturated heterocycles. The second-order valence-electron chi connectivity index (χ2n) is 6.61. The quantitative estimate of drug-likeness (QED) is 0.427. The third kappa shape index (κ3) is 5.38. The predicted octanol–water partition coefficient (Wildman–Crippen LogP) is 6.70. The molecular weight excluding hydrogens is 425 g/mol. The molecule has 3 rings (SSSR count). The number of nitrogens with zero attached hydrogens (tertiary/aromatic N) is 1. The molecule has 0 spiro atoms. The van der Waals surface area contributed by atoms with Crippen molar-refractivity contribution in [3.05, 3.63) is 81.0 Å². The average molecular weight is 446 g/mol. The maximum atomic E-state index is 6.05. The first-order chi connectivity index (χ1) is 13.8. The van der Waals surface area contributed by atoms with Crippen molar-refractivity contribution in [3.63, 3.8) is 0 Å². The highest BCUT2D eigenvalue weighted by Gasteiger charge is 2.14. The first-order valence-corrected chi connectivity index (χ1v) is 10.2. The van der Waals surface area contributed by atoms with E-state index in [2.05, 4.69) is 15.6 Å². The molecule has 7 heteroatoms. The Balaban J connectivity index is 1.72. The van der Waals surface area contributed by atoms with Gasteiger partial charge in [-0.05, 0) is 67.9 Å². The predicted molar refractivity (Wildman–Crippen MR) is 126 cm³/mol. The fourth-order valence-corrected chi connectivity index (χ4v) is 3.34. The summed E-state index contributed by atoms with van der Waals surface area (Å²) in [5, 5.41) is 7.61. The highest BCUT2D eigenvalue weighted by Crippen LogP contribution is 2.30. The normalized spacial score (nSPS) is 10.5. The molecule has 0 atom stereocenters. The zero-order valence-corrected chi connectivity index (χ0v) is 18.7. The summed E-state index contributed by atoms with van der Waals surface area (Å²) < 4.78 is 6.05. The lowest BCUT2D eigenvalue weighted by Gasteiger charge is -2.18. The Morgan fingerprint density at radius 2 is 1.69 bits per heavy atom. The molecule has 0 aliphatic rings. The monoisotopic (exact) mass is 445 g/mol. The number of nitrogens with one attached hydrogen (secondary N) is 2. The lowest BCUT2D eigenvalue weighted by atomic mass is 10.1. The van der Waals surface area contributed by atoms with Gasteiger partial charge in [-0.3, -0.25) is 0 Å². The highest BCUT2D eigenvalue weighted by molar-refractivity contribution is 7.80. The minimum atomic E-state index is 0.413. The summed E-state index contributed by atoms with van der Waals surface area (Å²) >= 11 is 17.4. The fourth-order valence-electron chi connectivity index (χ4n) is 2.83. The summed E-state index contributed by atoms with van der Waals surface area (Å²) in [6.07, 6.45) is 0. The van der Waals surface area contributed by atoms with Crippen molar-refractivity contribution in [1.29, 1.82) is 0 Å². The minimum absolute atomic E-state index is 0.413. The molecular formula is C22H21Cl2N3OS. The van der Waals surface area contributed by atoms with E-state index >= 15 is 0 Å². The second-order valence-corrected chi connectivity index (χ2v) is 7.83. The van der Waals surface area contributed by atoms with Gasteiger partial charge in [0.15, 0.2) is 5.11 Å². The van der Waals surface area contributed by atoms with Crippen LogP contribution in [0.3, 0.4) is 0 Å². The molecule has 0 unspecified atom stereocenters. The van der Waals surface area contributed by atoms with Gasteiger partial charge in [-0.25, -0.2) is 4.98 Å². The van der Waals surface area contributed by atoms with Gasteiger partial charge in [0.2, 0.25) is 0 Å². The molecule has 4 nitrogen and oxygen atoms in total. The molecule has 1 heterocycles. The molecule has 3 aromatic rings. The van der Waals surface area contributed by atoms with E-state index in [9.17, 15) is 0 Å². The van der Waals surface area contributed by atoms with Gasteiger partial charge >= 0.3 is 0 Å². The number of hydrogen-bond donors (Lipinski definition) is 2. The number of anilines is 2. The number of ether oxygens (including phenoxy) is 1. The number of benzene rings is 2. The molecule has 1 aromatic heterocycles. The third-order valence-corrected chi connectivity index (χ3v) is 5.44. The van der Waals surface area contributed by atoms with Crippen molar-refractivity contribution in [2.75, 3.05) is 10.6 Å². The Bertz CT molecular complexity index is 1040. The van der Waals surface area contributed by atoms with Crippen molar-refractivity contribution in [2.24, 2.45) is 0 Å². The van der Waals surface area contributed by atoms with Gasteiger partial charge in [0, 0.05) is 5.69 Å². The van der Waals surface area contributed by atoms with Gasteiger partial charge in [-0.1, -0.05) is 53.5 Å².